The minimum atomic E-state index is -0.641. The molecule has 0 atom stereocenters. The van der Waals surface area contributed by atoms with Crippen LogP contribution in [0.15, 0.2) is 0 Å². The topological polar surface area (TPSA) is 104 Å². The Hall–Kier alpha value is -1.92. The van der Waals surface area contributed by atoms with Crippen molar-refractivity contribution in [2.75, 3.05) is 5.73 Å². The molecule has 1 heterocycles. The number of nitrogen functional groups attached to an aromatic ring is 1. The van der Waals surface area contributed by atoms with Crippen LogP contribution in [0.3, 0.4) is 0 Å². The first-order valence-electron chi connectivity index (χ1n) is 3.90. The van der Waals surface area contributed by atoms with Crippen molar-refractivity contribution in [3.05, 3.63) is 15.9 Å². The summed E-state index contributed by atoms with van der Waals surface area (Å²) >= 11 is 0. The highest BCUT2D eigenvalue weighted by atomic mass is 16.6. The number of carbonyl (C=O) groups excluding carboxylic acids is 1. The van der Waals surface area contributed by atoms with Gasteiger partial charge in [0.1, 0.15) is 0 Å². The number of aryl methyl sites for hydroxylation is 1. The third-order valence-electron chi connectivity index (χ3n) is 1.71. The molecule has 0 aromatic carbocycles. The van der Waals surface area contributed by atoms with Crippen molar-refractivity contribution in [3.63, 3.8) is 0 Å². The molecule has 0 amide bonds. The first-order chi connectivity index (χ1) is 6.43. The standard InChI is InChI=1S/C7H10N4O3/c1-4(12)3-10-5(2)9-6(8)7(10)11(13)14/h3,8H2,1-2H3. The van der Waals surface area contributed by atoms with Crippen molar-refractivity contribution in [1.82, 2.24) is 9.55 Å². The lowest BCUT2D eigenvalue weighted by atomic mass is 10.4. The fraction of sp³-hybridized carbons (Fsp3) is 0.429. The van der Waals surface area contributed by atoms with E-state index < -0.39 is 4.92 Å². The smallest absolute Gasteiger partial charge is 0.367 e. The van der Waals surface area contributed by atoms with Crippen molar-refractivity contribution in [3.8, 4) is 0 Å². The van der Waals surface area contributed by atoms with Crippen LogP contribution >= 0.6 is 0 Å². The second kappa shape index (κ2) is 3.44. The van der Waals surface area contributed by atoms with E-state index in [-0.39, 0.29) is 24.0 Å². The number of anilines is 1. The fourth-order valence-electron chi connectivity index (χ4n) is 1.18. The number of imidazole rings is 1. The lowest BCUT2D eigenvalue weighted by Crippen LogP contribution is -2.11. The Balaban J connectivity index is 3.24. The highest BCUT2D eigenvalue weighted by Crippen LogP contribution is 2.21. The van der Waals surface area contributed by atoms with Gasteiger partial charge in [0.2, 0.25) is 5.82 Å². The van der Waals surface area contributed by atoms with Crippen molar-refractivity contribution in [2.24, 2.45) is 0 Å². The molecule has 0 spiro atoms. The van der Waals surface area contributed by atoms with Gasteiger partial charge in [-0.3, -0.25) is 4.79 Å². The summed E-state index contributed by atoms with van der Waals surface area (Å²) in [6.45, 7) is 2.83. The highest BCUT2D eigenvalue weighted by Gasteiger charge is 2.23. The molecule has 7 nitrogen and oxygen atoms in total. The van der Waals surface area contributed by atoms with Crippen molar-refractivity contribution in [1.29, 1.82) is 0 Å². The van der Waals surface area contributed by atoms with E-state index in [2.05, 4.69) is 4.98 Å². The van der Waals surface area contributed by atoms with Gasteiger partial charge in [-0.05, 0) is 11.8 Å². The first kappa shape index (κ1) is 10.2. The quantitative estimate of drug-likeness (QED) is 0.554. The third-order valence-corrected chi connectivity index (χ3v) is 1.71. The Bertz CT molecular complexity index is 396. The lowest BCUT2D eigenvalue weighted by Gasteiger charge is -1.99. The average Bonchev–Trinajstić information content (AvgIpc) is 2.25. The summed E-state index contributed by atoms with van der Waals surface area (Å²) in [5.74, 6) is -0.301. The van der Waals surface area contributed by atoms with E-state index in [0.717, 1.165) is 0 Å². The zero-order valence-corrected chi connectivity index (χ0v) is 7.85. The van der Waals surface area contributed by atoms with Gasteiger partial charge in [0.05, 0.1) is 0 Å². The second-order valence-electron chi connectivity index (χ2n) is 2.91. The maximum atomic E-state index is 10.8. The Morgan fingerprint density at radius 2 is 2.29 bits per heavy atom. The summed E-state index contributed by atoms with van der Waals surface area (Å²) in [5.41, 5.74) is 5.33. The fourth-order valence-corrected chi connectivity index (χ4v) is 1.18. The molecule has 0 aliphatic carbocycles. The third kappa shape index (κ3) is 1.70. The summed E-state index contributed by atoms with van der Waals surface area (Å²) in [4.78, 5) is 24.5. The maximum Gasteiger partial charge on any atom is 0.367 e. The van der Waals surface area contributed by atoms with E-state index in [0.29, 0.717) is 5.82 Å². The van der Waals surface area contributed by atoms with Crippen molar-refractivity contribution in [2.45, 2.75) is 20.4 Å². The summed E-state index contributed by atoms with van der Waals surface area (Å²) in [6, 6.07) is 0. The van der Waals surface area contributed by atoms with E-state index in [1.165, 1.54) is 11.5 Å². The molecule has 14 heavy (non-hydrogen) atoms. The van der Waals surface area contributed by atoms with E-state index in [4.69, 9.17) is 5.73 Å². The molecule has 0 saturated carbocycles. The predicted octanol–water partition coefficient (Wildman–Crippen LogP) is 0.271. The molecule has 0 bridgehead atoms. The van der Waals surface area contributed by atoms with E-state index in [1.807, 2.05) is 0 Å². The van der Waals surface area contributed by atoms with Crippen LogP contribution in [0, 0.1) is 17.0 Å². The number of carbonyl (C=O) groups is 1. The second-order valence-corrected chi connectivity index (χ2v) is 2.91. The summed E-state index contributed by atoms with van der Waals surface area (Å²) in [6.07, 6.45) is 0. The van der Waals surface area contributed by atoms with Gasteiger partial charge in [-0.25, -0.2) is 4.57 Å². The Labute approximate surface area is 79.7 Å². The van der Waals surface area contributed by atoms with Gasteiger partial charge in [0, 0.05) is 6.92 Å². The molecule has 2 N–H and O–H groups in total. The van der Waals surface area contributed by atoms with Crippen molar-refractivity contribution >= 4 is 17.4 Å². The van der Waals surface area contributed by atoms with E-state index in [1.54, 1.807) is 6.92 Å². The predicted molar refractivity (Wildman–Crippen MR) is 48.7 cm³/mol. The molecule has 76 valence electrons. The number of Topliss-reactive ketones (excluding diaryl/α,β-unsaturated/α-hetero) is 1. The van der Waals surface area contributed by atoms with Gasteiger partial charge in [-0.2, -0.15) is 4.98 Å². The zero-order chi connectivity index (χ0) is 10.9. The van der Waals surface area contributed by atoms with E-state index in [9.17, 15) is 14.9 Å². The molecular weight excluding hydrogens is 188 g/mol. The number of nitrogens with zero attached hydrogens (tertiary/aromatic N) is 3. The van der Waals surface area contributed by atoms with Crippen LogP contribution < -0.4 is 5.73 Å². The first-order valence-corrected chi connectivity index (χ1v) is 3.90. The van der Waals surface area contributed by atoms with Crippen LogP contribution in [0.25, 0.3) is 0 Å². The molecule has 0 aliphatic heterocycles. The number of aromatic nitrogens is 2. The van der Waals surface area contributed by atoms with Crippen LogP contribution in [-0.4, -0.2) is 20.3 Å². The van der Waals surface area contributed by atoms with Crippen LogP contribution in [0.4, 0.5) is 11.6 Å². The normalized spacial score (nSPS) is 10.1. The minimum absolute atomic E-state index is 0.0770. The molecule has 0 saturated heterocycles. The van der Waals surface area contributed by atoms with Crippen molar-refractivity contribution < 1.29 is 9.72 Å². The SMILES string of the molecule is CC(=O)Cn1c(C)nc(N)c1[N+](=O)[O-]. The zero-order valence-electron chi connectivity index (χ0n) is 7.85. The van der Waals surface area contributed by atoms with Gasteiger partial charge in [0.25, 0.3) is 0 Å². The van der Waals surface area contributed by atoms with Crippen LogP contribution in [0.5, 0.6) is 0 Å². The van der Waals surface area contributed by atoms with Gasteiger partial charge in [-0.15, -0.1) is 0 Å². The monoisotopic (exact) mass is 198 g/mol. The summed E-state index contributed by atoms with van der Waals surface area (Å²) in [5, 5.41) is 10.6. The Kier molecular flexibility index (Phi) is 2.50. The van der Waals surface area contributed by atoms with Gasteiger partial charge >= 0.3 is 5.82 Å². The molecule has 0 aliphatic rings. The minimum Gasteiger partial charge on any atom is -0.377 e. The molecule has 7 heteroatoms. The van der Waals surface area contributed by atoms with Crippen LogP contribution in [0.2, 0.25) is 0 Å². The van der Waals surface area contributed by atoms with Crippen LogP contribution in [0.1, 0.15) is 12.7 Å². The molecular formula is C7H10N4O3. The highest BCUT2D eigenvalue weighted by molar-refractivity contribution is 5.76. The molecule has 1 rings (SSSR count). The lowest BCUT2D eigenvalue weighted by molar-refractivity contribution is -0.391. The molecule has 1 aromatic heterocycles. The molecule has 0 unspecified atom stereocenters. The number of hydrogen-bond donors (Lipinski definition) is 1. The summed E-state index contributed by atoms with van der Waals surface area (Å²) < 4.78 is 1.19. The number of hydrogen-bond acceptors (Lipinski definition) is 5. The number of nitro groups is 1. The molecule has 0 radical (unpaired) electrons. The number of nitrogens with two attached hydrogens (primary N) is 1. The van der Waals surface area contributed by atoms with Gasteiger partial charge < -0.3 is 15.8 Å². The largest absolute Gasteiger partial charge is 0.377 e. The number of ketones is 1. The Morgan fingerprint density at radius 1 is 1.71 bits per heavy atom. The maximum absolute atomic E-state index is 10.8. The Morgan fingerprint density at radius 3 is 2.71 bits per heavy atom. The van der Waals surface area contributed by atoms with Gasteiger partial charge in [-0.1, -0.05) is 0 Å². The molecule has 1 aromatic rings. The summed E-state index contributed by atoms with van der Waals surface area (Å²) in [7, 11) is 0. The number of rotatable bonds is 3. The van der Waals surface area contributed by atoms with Gasteiger partial charge in [0.15, 0.2) is 18.2 Å². The van der Waals surface area contributed by atoms with Crippen LogP contribution in [-0.2, 0) is 11.3 Å². The molecule has 0 fully saturated rings. The van der Waals surface area contributed by atoms with E-state index >= 15 is 0 Å². The average molecular weight is 198 g/mol.